The van der Waals surface area contributed by atoms with E-state index in [1.165, 1.54) is 30.5 Å². The Hall–Kier alpha value is -1.60. The molecule has 2 aromatic rings. The van der Waals surface area contributed by atoms with Crippen LogP contribution in [-0.4, -0.2) is 18.5 Å². The normalized spacial score (nSPS) is 11.3. The third-order valence-corrected chi connectivity index (χ3v) is 4.63. The molecule has 0 atom stereocenters. The molecule has 5 nitrogen and oxygen atoms in total. The Morgan fingerprint density at radius 1 is 1.26 bits per heavy atom. The molecule has 2 N–H and O–H groups in total. The summed E-state index contributed by atoms with van der Waals surface area (Å²) in [5.74, 6) is 0.255. The lowest BCUT2D eigenvalue weighted by molar-refractivity contribution is 0.475. The third kappa shape index (κ3) is 3.24. The molecule has 0 aliphatic carbocycles. The minimum Gasteiger partial charge on any atom is -0.508 e. The number of hydrogen-bond acceptors (Lipinski definition) is 4. The number of nitrogens with one attached hydrogen (secondary N) is 1. The lowest BCUT2D eigenvalue weighted by atomic mass is 10.3. The van der Waals surface area contributed by atoms with Crippen molar-refractivity contribution in [1.82, 2.24) is 4.98 Å². The van der Waals surface area contributed by atoms with Gasteiger partial charge in [0.05, 0.1) is 4.90 Å². The molecule has 0 spiro atoms. The van der Waals surface area contributed by atoms with Crippen molar-refractivity contribution in [3.8, 4) is 5.75 Å². The Bertz CT molecular complexity index is 699. The van der Waals surface area contributed by atoms with Crippen LogP contribution in [0.25, 0.3) is 0 Å². The van der Waals surface area contributed by atoms with Crippen LogP contribution >= 0.6 is 15.9 Å². The van der Waals surface area contributed by atoms with Gasteiger partial charge in [-0.3, -0.25) is 4.72 Å². The molecule has 1 heterocycles. The van der Waals surface area contributed by atoms with Gasteiger partial charge in [-0.05, 0) is 58.7 Å². The summed E-state index contributed by atoms with van der Waals surface area (Å²) in [6.07, 6.45) is 1.53. The van der Waals surface area contributed by atoms with Crippen LogP contribution in [0, 0.1) is 6.92 Å². The number of phenolic OH excluding ortho intramolecular Hbond substituents is 1. The molecule has 0 amide bonds. The topological polar surface area (TPSA) is 79.3 Å². The molecule has 1 aromatic heterocycles. The molecule has 0 radical (unpaired) electrons. The highest BCUT2D eigenvalue weighted by Gasteiger charge is 2.15. The van der Waals surface area contributed by atoms with E-state index in [1.807, 2.05) is 6.92 Å². The quantitative estimate of drug-likeness (QED) is 0.898. The number of aryl methyl sites for hydroxylation is 1. The molecule has 0 saturated heterocycles. The van der Waals surface area contributed by atoms with E-state index >= 15 is 0 Å². The van der Waals surface area contributed by atoms with Gasteiger partial charge in [0.15, 0.2) is 0 Å². The average molecular weight is 343 g/mol. The van der Waals surface area contributed by atoms with E-state index in [0.717, 1.165) is 10.0 Å². The standard InChI is InChI=1S/C12H11BrN2O3S/c1-8-6-12(14-7-11(8)13)15-19(17,18)10-4-2-9(16)3-5-10/h2-7,16H,1H3,(H,14,15). The summed E-state index contributed by atoms with van der Waals surface area (Å²) in [4.78, 5) is 4.04. The largest absolute Gasteiger partial charge is 0.508 e. The fourth-order valence-corrected chi connectivity index (χ4v) is 2.63. The van der Waals surface area contributed by atoms with Gasteiger partial charge in [0.2, 0.25) is 0 Å². The predicted molar refractivity (Wildman–Crippen MR) is 75.6 cm³/mol. The molecule has 1 aromatic carbocycles. The first-order chi connectivity index (χ1) is 8.88. The fourth-order valence-electron chi connectivity index (χ4n) is 1.42. The van der Waals surface area contributed by atoms with E-state index in [4.69, 9.17) is 5.11 Å². The molecule has 0 saturated carbocycles. The van der Waals surface area contributed by atoms with Crippen LogP contribution in [0.3, 0.4) is 0 Å². The van der Waals surface area contributed by atoms with Gasteiger partial charge < -0.3 is 5.11 Å². The Labute approximate surface area is 119 Å². The predicted octanol–water partition coefficient (Wildman–Crippen LogP) is 2.66. The Morgan fingerprint density at radius 2 is 1.89 bits per heavy atom. The number of anilines is 1. The van der Waals surface area contributed by atoms with Gasteiger partial charge in [-0.1, -0.05) is 0 Å². The number of aromatic hydroxyl groups is 1. The molecule has 0 unspecified atom stereocenters. The van der Waals surface area contributed by atoms with E-state index in [9.17, 15) is 8.42 Å². The number of rotatable bonds is 3. The smallest absolute Gasteiger partial charge is 0.263 e. The van der Waals surface area contributed by atoms with Crippen LogP contribution in [-0.2, 0) is 10.0 Å². The second kappa shape index (κ2) is 5.18. The fraction of sp³-hybridized carbons (Fsp3) is 0.0833. The van der Waals surface area contributed by atoms with Gasteiger partial charge >= 0.3 is 0 Å². The van der Waals surface area contributed by atoms with Crippen molar-refractivity contribution >= 4 is 31.8 Å². The molecule has 19 heavy (non-hydrogen) atoms. The van der Waals surface area contributed by atoms with Gasteiger partial charge in [0, 0.05) is 10.7 Å². The number of pyridine rings is 1. The lowest BCUT2D eigenvalue weighted by Crippen LogP contribution is -2.13. The maximum absolute atomic E-state index is 12.1. The van der Waals surface area contributed by atoms with Crippen LogP contribution in [0.4, 0.5) is 5.82 Å². The van der Waals surface area contributed by atoms with Crippen molar-refractivity contribution in [3.63, 3.8) is 0 Å². The second-order valence-electron chi connectivity index (χ2n) is 3.92. The summed E-state index contributed by atoms with van der Waals surface area (Å²) in [6, 6.07) is 6.90. The highest BCUT2D eigenvalue weighted by molar-refractivity contribution is 9.10. The number of nitrogens with zero attached hydrogens (tertiary/aromatic N) is 1. The minimum absolute atomic E-state index is 0.0107. The van der Waals surface area contributed by atoms with Gasteiger partial charge in [-0.25, -0.2) is 13.4 Å². The molecule has 7 heteroatoms. The Kier molecular flexibility index (Phi) is 3.77. The summed E-state index contributed by atoms with van der Waals surface area (Å²) in [6.45, 7) is 1.84. The number of aromatic nitrogens is 1. The molecule has 0 aliphatic heterocycles. The van der Waals surface area contributed by atoms with Crippen molar-refractivity contribution in [3.05, 3.63) is 46.6 Å². The van der Waals surface area contributed by atoms with Crippen LogP contribution in [0.1, 0.15) is 5.56 Å². The van der Waals surface area contributed by atoms with Gasteiger partial charge in [0.25, 0.3) is 10.0 Å². The van der Waals surface area contributed by atoms with Crippen molar-refractivity contribution in [2.75, 3.05) is 4.72 Å². The zero-order valence-corrected chi connectivity index (χ0v) is 12.4. The van der Waals surface area contributed by atoms with Crippen molar-refractivity contribution in [2.24, 2.45) is 0 Å². The highest BCUT2D eigenvalue weighted by atomic mass is 79.9. The van der Waals surface area contributed by atoms with Crippen molar-refractivity contribution in [2.45, 2.75) is 11.8 Å². The molecule has 0 fully saturated rings. The maximum atomic E-state index is 12.1. The second-order valence-corrected chi connectivity index (χ2v) is 6.45. The molecule has 0 bridgehead atoms. The zero-order chi connectivity index (χ0) is 14.0. The van der Waals surface area contributed by atoms with Gasteiger partial charge in [-0.15, -0.1) is 0 Å². The number of phenols is 1. The maximum Gasteiger partial charge on any atom is 0.263 e. The van der Waals surface area contributed by atoms with E-state index in [2.05, 4.69) is 25.6 Å². The van der Waals surface area contributed by atoms with Crippen LogP contribution in [0.15, 0.2) is 45.9 Å². The van der Waals surface area contributed by atoms with E-state index in [0.29, 0.717) is 0 Å². The average Bonchev–Trinajstić information content (AvgIpc) is 2.34. The molecule has 0 aliphatic rings. The van der Waals surface area contributed by atoms with E-state index in [1.54, 1.807) is 6.07 Å². The number of benzene rings is 1. The van der Waals surface area contributed by atoms with Crippen LogP contribution in [0.5, 0.6) is 5.75 Å². The van der Waals surface area contributed by atoms with Crippen LogP contribution in [0.2, 0.25) is 0 Å². The SMILES string of the molecule is Cc1cc(NS(=O)(=O)c2ccc(O)cc2)ncc1Br. The molecular weight excluding hydrogens is 332 g/mol. The Balaban J connectivity index is 2.30. The van der Waals surface area contributed by atoms with Gasteiger partial charge in [0.1, 0.15) is 11.6 Å². The molecule has 2 rings (SSSR count). The molecule has 100 valence electrons. The summed E-state index contributed by atoms with van der Waals surface area (Å²) < 4.78 is 27.3. The number of halogens is 1. The zero-order valence-electron chi connectivity index (χ0n) is 9.96. The van der Waals surface area contributed by atoms with Gasteiger partial charge in [-0.2, -0.15) is 0 Å². The summed E-state index contributed by atoms with van der Waals surface area (Å²) in [7, 11) is -3.70. The monoisotopic (exact) mass is 342 g/mol. The van der Waals surface area contributed by atoms with Crippen molar-refractivity contribution in [1.29, 1.82) is 0 Å². The third-order valence-electron chi connectivity index (χ3n) is 2.43. The minimum atomic E-state index is -3.70. The molecular formula is C12H11BrN2O3S. The first kappa shape index (κ1) is 13.8. The summed E-state index contributed by atoms with van der Waals surface area (Å²) >= 11 is 3.29. The number of hydrogen-bond donors (Lipinski definition) is 2. The highest BCUT2D eigenvalue weighted by Crippen LogP contribution is 2.20. The van der Waals surface area contributed by atoms with Crippen LogP contribution < -0.4 is 4.72 Å². The lowest BCUT2D eigenvalue weighted by Gasteiger charge is -2.08. The first-order valence-electron chi connectivity index (χ1n) is 5.32. The van der Waals surface area contributed by atoms with E-state index < -0.39 is 10.0 Å². The Morgan fingerprint density at radius 3 is 2.47 bits per heavy atom. The van der Waals surface area contributed by atoms with Crippen molar-refractivity contribution < 1.29 is 13.5 Å². The first-order valence-corrected chi connectivity index (χ1v) is 7.60. The summed E-state index contributed by atoms with van der Waals surface area (Å²) in [5.41, 5.74) is 0.874. The number of sulfonamides is 1. The van der Waals surface area contributed by atoms with E-state index in [-0.39, 0.29) is 16.5 Å². The summed E-state index contributed by atoms with van der Waals surface area (Å²) in [5, 5.41) is 9.15.